The quantitative estimate of drug-likeness (QED) is 0.767. The Morgan fingerprint density at radius 1 is 1.00 bits per heavy atom. The second-order valence-corrected chi connectivity index (χ2v) is 7.70. The van der Waals surface area contributed by atoms with Crippen molar-refractivity contribution in [2.75, 3.05) is 52.5 Å². The number of hydrogen-bond acceptors (Lipinski definition) is 4. The number of hydrogen-bond donors (Lipinski definition) is 0. The van der Waals surface area contributed by atoms with E-state index in [9.17, 15) is 9.59 Å². The van der Waals surface area contributed by atoms with Gasteiger partial charge in [-0.1, -0.05) is 13.8 Å². The third-order valence-electron chi connectivity index (χ3n) is 6.48. The van der Waals surface area contributed by atoms with Crippen molar-refractivity contribution in [3.05, 3.63) is 0 Å². The van der Waals surface area contributed by atoms with Crippen LogP contribution in [0.1, 0.15) is 46.0 Å². The lowest BCUT2D eigenvalue weighted by Gasteiger charge is -2.46. The van der Waals surface area contributed by atoms with Crippen LogP contribution in [0.25, 0.3) is 0 Å². The molecule has 3 fully saturated rings. The van der Waals surface area contributed by atoms with E-state index in [0.29, 0.717) is 12.3 Å². The van der Waals surface area contributed by atoms with Gasteiger partial charge in [-0.15, -0.1) is 0 Å². The van der Waals surface area contributed by atoms with Crippen LogP contribution >= 0.6 is 0 Å². The highest BCUT2D eigenvalue weighted by Gasteiger charge is 2.44. The van der Waals surface area contributed by atoms with Gasteiger partial charge in [-0.2, -0.15) is 0 Å². The molecule has 0 aromatic heterocycles. The number of likely N-dealkylation sites (tertiary alicyclic amines) is 1. The van der Waals surface area contributed by atoms with Crippen molar-refractivity contribution in [1.29, 1.82) is 0 Å². The number of nitrogens with zero attached hydrogens (tertiary/aromatic N) is 3. The van der Waals surface area contributed by atoms with Gasteiger partial charge in [0.2, 0.25) is 11.8 Å². The first-order chi connectivity index (χ1) is 12.1. The van der Waals surface area contributed by atoms with Crippen LogP contribution in [0.15, 0.2) is 0 Å². The molecule has 0 aromatic rings. The average molecular weight is 351 g/mol. The highest BCUT2D eigenvalue weighted by atomic mass is 16.5. The zero-order valence-corrected chi connectivity index (χ0v) is 15.8. The maximum Gasteiger partial charge on any atom is 0.225 e. The highest BCUT2D eigenvalue weighted by Crippen LogP contribution is 2.33. The summed E-state index contributed by atoms with van der Waals surface area (Å²) < 4.78 is 5.38. The van der Waals surface area contributed by atoms with Gasteiger partial charge >= 0.3 is 0 Å². The molecule has 6 nitrogen and oxygen atoms in total. The lowest BCUT2D eigenvalue weighted by atomic mass is 9.91. The van der Waals surface area contributed by atoms with Crippen molar-refractivity contribution in [2.24, 2.45) is 5.92 Å². The average Bonchev–Trinajstić information content (AvgIpc) is 3.13. The van der Waals surface area contributed by atoms with Gasteiger partial charge in [0.15, 0.2) is 0 Å². The number of amides is 2. The molecule has 3 saturated heterocycles. The molecule has 0 spiro atoms. The molecule has 3 heterocycles. The summed E-state index contributed by atoms with van der Waals surface area (Å²) in [4.78, 5) is 31.4. The molecule has 3 aliphatic heterocycles. The molecule has 1 unspecified atom stereocenters. The number of carbonyl (C=O) groups is 2. The smallest absolute Gasteiger partial charge is 0.225 e. The fourth-order valence-corrected chi connectivity index (χ4v) is 4.67. The monoisotopic (exact) mass is 351 g/mol. The van der Waals surface area contributed by atoms with Crippen molar-refractivity contribution in [1.82, 2.24) is 14.7 Å². The van der Waals surface area contributed by atoms with E-state index in [2.05, 4.69) is 16.7 Å². The van der Waals surface area contributed by atoms with E-state index in [4.69, 9.17) is 4.74 Å². The molecule has 0 bridgehead atoms. The van der Waals surface area contributed by atoms with Gasteiger partial charge in [0, 0.05) is 70.4 Å². The second kappa shape index (κ2) is 8.04. The van der Waals surface area contributed by atoms with Gasteiger partial charge in [-0.3, -0.25) is 14.5 Å². The van der Waals surface area contributed by atoms with Crippen LogP contribution in [-0.4, -0.2) is 84.5 Å². The number of rotatable bonds is 4. The summed E-state index contributed by atoms with van der Waals surface area (Å²) in [5, 5.41) is 0. The molecule has 1 atom stereocenters. The zero-order valence-electron chi connectivity index (χ0n) is 15.8. The molecule has 0 saturated carbocycles. The molecule has 142 valence electrons. The Hall–Kier alpha value is -1.14. The van der Waals surface area contributed by atoms with E-state index in [0.717, 1.165) is 78.2 Å². The minimum Gasteiger partial charge on any atom is -0.381 e. The fourth-order valence-electron chi connectivity index (χ4n) is 4.67. The molecule has 3 rings (SSSR count). The first-order valence-corrected chi connectivity index (χ1v) is 9.99. The SMILES string of the molecule is CCC(=O)N1CCC(CC)(N2CCN(C(=O)C3CCOCC3)CC2)C1. The zero-order chi connectivity index (χ0) is 17.9. The van der Waals surface area contributed by atoms with Crippen molar-refractivity contribution >= 4 is 11.8 Å². The molecule has 0 radical (unpaired) electrons. The van der Waals surface area contributed by atoms with Crippen molar-refractivity contribution < 1.29 is 14.3 Å². The fraction of sp³-hybridized carbons (Fsp3) is 0.895. The Labute approximate surface area is 151 Å². The molecule has 6 heteroatoms. The molecule has 2 amide bonds. The summed E-state index contributed by atoms with van der Waals surface area (Å²) in [6.45, 7) is 10.8. The van der Waals surface area contributed by atoms with E-state index >= 15 is 0 Å². The van der Waals surface area contributed by atoms with E-state index in [1.807, 2.05) is 11.8 Å². The van der Waals surface area contributed by atoms with E-state index < -0.39 is 0 Å². The minimum absolute atomic E-state index is 0.110. The number of piperazine rings is 1. The predicted octanol–water partition coefficient (Wildman–Crippen LogP) is 1.35. The summed E-state index contributed by atoms with van der Waals surface area (Å²) in [6.07, 6.45) is 4.45. The van der Waals surface area contributed by atoms with Crippen LogP contribution in [0.5, 0.6) is 0 Å². The summed E-state index contributed by atoms with van der Waals surface area (Å²) in [6, 6.07) is 0. The molecule has 25 heavy (non-hydrogen) atoms. The molecule has 0 aliphatic carbocycles. The first-order valence-electron chi connectivity index (χ1n) is 9.99. The standard InChI is InChI=1S/C19H33N3O3/c1-3-17(23)21-8-7-19(4-2,15-21)22-11-9-20(10-12-22)18(24)16-5-13-25-14-6-16/h16H,3-15H2,1-2H3. The first kappa shape index (κ1) is 18.6. The Kier molecular flexibility index (Phi) is 6.00. The number of carbonyl (C=O) groups excluding carboxylic acids is 2. The van der Waals surface area contributed by atoms with Gasteiger partial charge in [0.05, 0.1) is 0 Å². The lowest BCUT2D eigenvalue weighted by molar-refractivity contribution is -0.141. The van der Waals surface area contributed by atoms with Crippen molar-refractivity contribution in [3.63, 3.8) is 0 Å². The summed E-state index contributed by atoms with van der Waals surface area (Å²) in [5.41, 5.74) is 0.110. The predicted molar refractivity (Wildman–Crippen MR) is 96.2 cm³/mol. The third-order valence-corrected chi connectivity index (χ3v) is 6.48. The summed E-state index contributed by atoms with van der Waals surface area (Å²) >= 11 is 0. The molecular weight excluding hydrogens is 318 g/mol. The third kappa shape index (κ3) is 3.85. The lowest BCUT2D eigenvalue weighted by Crippen LogP contribution is -2.59. The highest BCUT2D eigenvalue weighted by molar-refractivity contribution is 5.79. The van der Waals surface area contributed by atoms with Gasteiger partial charge in [-0.25, -0.2) is 0 Å². The maximum absolute atomic E-state index is 12.7. The van der Waals surface area contributed by atoms with Crippen LogP contribution in [0, 0.1) is 5.92 Å². The Morgan fingerprint density at radius 3 is 2.28 bits per heavy atom. The van der Waals surface area contributed by atoms with Crippen LogP contribution in [0.4, 0.5) is 0 Å². The van der Waals surface area contributed by atoms with Gasteiger partial charge in [0.25, 0.3) is 0 Å². The van der Waals surface area contributed by atoms with E-state index in [-0.39, 0.29) is 17.4 Å². The second-order valence-electron chi connectivity index (χ2n) is 7.70. The van der Waals surface area contributed by atoms with E-state index in [1.54, 1.807) is 0 Å². The van der Waals surface area contributed by atoms with Gasteiger partial charge in [-0.05, 0) is 25.7 Å². The Morgan fingerprint density at radius 2 is 1.68 bits per heavy atom. The Bertz CT molecular complexity index is 484. The maximum atomic E-state index is 12.7. The van der Waals surface area contributed by atoms with Crippen LogP contribution < -0.4 is 0 Å². The Balaban J connectivity index is 1.55. The molecule has 0 N–H and O–H groups in total. The van der Waals surface area contributed by atoms with Gasteiger partial charge < -0.3 is 14.5 Å². The van der Waals surface area contributed by atoms with Crippen molar-refractivity contribution in [2.45, 2.75) is 51.5 Å². The van der Waals surface area contributed by atoms with Crippen LogP contribution in [0.2, 0.25) is 0 Å². The minimum atomic E-state index is 0.110. The summed E-state index contributed by atoms with van der Waals surface area (Å²) in [7, 11) is 0. The van der Waals surface area contributed by atoms with Crippen molar-refractivity contribution in [3.8, 4) is 0 Å². The van der Waals surface area contributed by atoms with Crippen LogP contribution in [0.3, 0.4) is 0 Å². The molecule has 0 aromatic carbocycles. The largest absolute Gasteiger partial charge is 0.381 e. The topological polar surface area (TPSA) is 53.1 Å². The number of ether oxygens (including phenoxy) is 1. The van der Waals surface area contributed by atoms with Crippen LogP contribution in [-0.2, 0) is 14.3 Å². The molecular formula is C19H33N3O3. The summed E-state index contributed by atoms with van der Waals surface area (Å²) in [5.74, 6) is 0.746. The normalized spacial score (nSPS) is 29.2. The van der Waals surface area contributed by atoms with Gasteiger partial charge in [0.1, 0.15) is 0 Å². The van der Waals surface area contributed by atoms with E-state index in [1.165, 1.54) is 0 Å². The molecule has 3 aliphatic rings.